The van der Waals surface area contributed by atoms with E-state index in [2.05, 4.69) is 21.2 Å². The molecule has 0 aromatic heterocycles. The second-order valence-electron chi connectivity index (χ2n) is 4.56. The highest BCUT2D eigenvalue weighted by atomic mass is 79.9. The first kappa shape index (κ1) is 14.8. The SMILES string of the molecule is CCC1C(=O)NCCN1C(=O)c1ccc(OC)c(Br)c1. The summed E-state index contributed by atoms with van der Waals surface area (Å²) in [5.41, 5.74) is 0.547. The Morgan fingerprint density at radius 2 is 2.30 bits per heavy atom. The van der Waals surface area contributed by atoms with Gasteiger partial charge in [0, 0.05) is 18.7 Å². The summed E-state index contributed by atoms with van der Waals surface area (Å²) in [6.07, 6.45) is 0.606. The van der Waals surface area contributed by atoms with E-state index in [0.717, 1.165) is 4.47 Å². The van der Waals surface area contributed by atoms with Crippen LogP contribution in [0.15, 0.2) is 22.7 Å². The van der Waals surface area contributed by atoms with Crippen molar-refractivity contribution < 1.29 is 14.3 Å². The third kappa shape index (κ3) is 2.80. The average molecular weight is 341 g/mol. The molecule has 0 saturated carbocycles. The lowest BCUT2D eigenvalue weighted by molar-refractivity contribution is -0.127. The van der Waals surface area contributed by atoms with E-state index in [0.29, 0.717) is 30.8 Å². The van der Waals surface area contributed by atoms with E-state index in [9.17, 15) is 9.59 Å². The molecule has 1 aromatic carbocycles. The Kier molecular flexibility index (Phi) is 4.65. The van der Waals surface area contributed by atoms with Crippen LogP contribution in [0.5, 0.6) is 5.75 Å². The van der Waals surface area contributed by atoms with Gasteiger partial charge in [-0.3, -0.25) is 9.59 Å². The number of benzene rings is 1. The lowest BCUT2D eigenvalue weighted by Gasteiger charge is -2.34. The number of amides is 2. The lowest BCUT2D eigenvalue weighted by Crippen LogP contribution is -2.56. The van der Waals surface area contributed by atoms with Gasteiger partial charge in [0.1, 0.15) is 11.8 Å². The Morgan fingerprint density at radius 1 is 1.55 bits per heavy atom. The fourth-order valence-corrected chi connectivity index (χ4v) is 2.87. The van der Waals surface area contributed by atoms with Gasteiger partial charge in [0.15, 0.2) is 0 Å². The fraction of sp³-hybridized carbons (Fsp3) is 0.429. The standard InChI is InChI=1S/C14H17BrN2O3/c1-3-11-13(18)16-6-7-17(11)14(19)9-4-5-12(20-2)10(15)8-9/h4-5,8,11H,3,6-7H2,1-2H3,(H,16,18). The van der Waals surface area contributed by atoms with Crippen molar-refractivity contribution in [1.29, 1.82) is 0 Å². The van der Waals surface area contributed by atoms with Gasteiger partial charge in [-0.05, 0) is 40.5 Å². The maximum Gasteiger partial charge on any atom is 0.254 e. The van der Waals surface area contributed by atoms with Gasteiger partial charge >= 0.3 is 0 Å². The van der Waals surface area contributed by atoms with Gasteiger partial charge in [0.2, 0.25) is 5.91 Å². The van der Waals surface area contributed by atoms with E-state index in [4.69, 9.17) is 4.74 Å². The third-order valence-corrected chi connectivity index (χ3v) is 4.00. The van der Waals surface area contributed by atoms with Crippen molar-refractivity contribution in [3.05, 3.63) is 28.2 Å². The summed E-state index contributed by atoms with van der Waals surface area (Å²) in [6.45, 7) is 2.94. The van der Waals surface area contributed by atoms with Gasteiger partial charge in [-0.2, -0.15) is 0 Å². The van der Waals surface area contributed by atoms with E-state index in [1.807, 2.05) is 6.92 Å². The number of nitrogens with zero attached hydrogens (tertiary/aromatic N) is 1. The number of piperazine rings is 1. The molecule has 1 N–H and O–H groups in total. The van der Waals surface area contributed by atoms with Crippen molar-refractivity contribution in [2.24, 2.45) is 0 Å². The summed E-state index contributed by atoms with van der Waals surface area (Å²) in [5, 5.41) is 2.79. The third-order valence-electron chi connectivity index (χ3n) is 3.38. The van der Waals surface area contributed by atoms with E-state index < -0.39 is 6.04 Å². The van der Waals surface area contributed by atoms with Crippen LogP contribution < -0.4 is 10.1 Å². The zero-order valence-corrected chi connectivity index (χ0v) is 13.1. The van der Waals surface area contributed by atoms with Crippen LogP contribution in [0.4, 0.5) is 0 Å². The summed E-state index contributed by atoms with van der Waals surface area (Å²) in [4.78, 5) is 26.0. The van der Waals surface area contributed by atoms with Crippen LogP contribution in [-0.2, 0) is 4.79 Å². The predicted octanol–water partition coefficient (Wildman–Crippen LogP) is 1.81. The number of halogens is 1. The number of carbonyl (C=O) groups excluding carboxylic acids is 2. The number of hydrogen-bond acceptors (Lipinski definition) is 3. The molecule has 1 aliphatic heterocycles. The molecular formula is C14H17BrN2O3. The quantitative estimate of drug-likeness (QED) is 0.912. The molecule has 2 rings (SSSR count). The summed E-state index contributed by atoms with van der Waals surface area (Å²) in [5.74, 6) is 0.458. The molecule has 1 aliphatic rings. The van der Waals surface area contributed by atoms with Crippen LogP contribution in [0, 0.1) is 0 Å². The second-order valence-corrected chi connectivity index (χ2v) is 5.42. The summed E-state index contributed by atoms with van der Waals surface area (Å²) in [7, 11) is 1.57. The van der Waals surface area contributed by atoms with Crippen LogP contribution in [-0.4, -0.2) is 43.0 Å². The molecule has 0 bridgehead atoms. The predicted molar refractivity (Wildman–Crippen MR) is 78.8 cm³/mol. The maximum absolute atomic E-state index is 12.6. The molecule has 108 valence electrons. The molecule has 6 heteroatoms. The number of ether oxygens (including phenoxy) is 1. The Hall–Kier alpha value is -1.56. The van der Waals surface area contributed by atoms with E-state index in [1.165, 1.54) is 0 Å². The van der Waals surface area contributed by atoms with Crippen molar-refractivity contribution >= 4 is 27.7 Å². The van der Waals surface area contributed by atoms with Crippen molar-refractivity contribution in [3.8, 4) is 5.75 Å². The van der Waals surface area contributed by atoms with Crippen LogP contribution >= 0.6 is 15.9 Å². The summed E-state index contributed by atoms with van der Waals surface area (Å²) >= 11 is 3.37. The van der Waals surface area contributed by atoms with Crippen LogP contribution in [0.1, 0.15) is 23.7 Å². The molecule has 1 atom stereocenters. The smallest absolute Gasteiger partial charge is 0.254 e. The molecule has 2 amide bonds. The lowest BCUT2D eigenvalue weighted by atomic mass is 10.1. The molecule has 1 aromatic rings. The van der Waals surface area contributed by atoms with Crippen molar-refractivity contribution in [1.82, 2.24) is 10.2 Å². The van der Waals surface area contributed by atoms with Gasteiger partial charge in [0.25, 0.3) is 5.91 Å². The van der Waals surface area contributed by atoms with Gasteiger partial charge in [-0.25, -0.2) is 0 Å². The van der Waals surface area contributed by atoms with Gasteiger partial charge in [-0.15, -0.1) is 0 Å². The normalized spacial score (nSPS) is 18.6. The molecule has 0 spiro atoms. The highest BCUT2D eigenvalue weighted by Gasteiger charge is 2.32. The summed E-state index contributed by atoms with van der Waals surface area (Å²) < 4.78 is 5.87. The molecule has 1 fully saturated rings. The highest BCUT2D eigenvalue weighted by molar-refractivity contribution is 9.10. The minimum atomic E-state index is -0.392. The molecule has 0 aliphatic carbocycles. The average Bonchev–Trinajstić information content (AvgIpc) is 2.46. The molecular weight excluding hydrogens is 324 g/mol. The van der Waals surface area contributed by atoms with Crippen LogP contribution in [0.3, 0.4) is 0 Å². The van der Waals surface area contributed by atoms with Crippen molar-refractivity contribution in [2.45, 2.75) is 19.4 Å². The molecule has 1 saturated heterocycles. The Balaban J connectivity index is 2.25. The van der Waals surface area contributed by atoms with Gasteiger partial charge in [-0.1, -0.05) is 6.92 Å². The van der Waals surface area contributed by atoms with Gasteiger partial charge in [0.05, 0.1) is 11.6 Å². The van der Waals surface area contributed by atoms with Crippen LogP contribution in [0.2, 0.25) is 0 Å². The fourth-order valence-electron chi connectivity index (χ4n) is 2.33. The Labute approximate surface area is 126 Å². The highest BCUT2D eigenvalue weighted by Crippen LogP contribution is 2.26. The number of nitrogens with one attached hydrogen (secondary N) is 1. The molecule has 0 radical (unpaired) electrons. The number of methoxy groups -OCH3 is 1. The largest absolute Gasteiger partial charge is 0.496 e. The minimum absolute atomic E-state index is 0.0836. The van der Waals surface area contributed by atoms with Crippen molar-refractivity contribution in [3.63, 3.8) is 0 Å². The molecule has 1 unspecified atom stereocenters. The second kappa shape index (κ2) is 6.26. The number of hydrogen-bond donors (Lipinski definition) is 1. The van der Waals surface area contributed by atoms with Gasteiger partial charge < -0.3 is 15.0 Å². The first-order chi connectivity index (χ1) is 9.58. The minimum Gasteiger partial charge on any atom is -0.496 e. The maximum atomic E-state index is 12.6. The number of rotatable bonds is 3. The topological polar surface area (TPSA) is 58.6 Å². The number of carbonyl (C=O) groups is 2. The Bertz CT molecular complexity index is 533. The van der Waals surface area contributed by atoms with E-state index in [1.54, 1.807) is 30.2 Å². The first-order valence-electron chi connectivity index (χ1n) is 6.50. The van der Waals surface area contributed by atoms with Crippen molar-refractivity contribution in [2.75, 3.05) is 20.2 Å². The van der Waals surface area contributed by atoms with E-state index >= 15 is 0 Å². The van der Waals surface area contributed by atoms with E-state index in [-0.39, 0.29) is 11.8 Å². The molecule has 1 heterocycles. The van der Waals surface area contributed by atoms with Crippen LogP contribution in [0.25, 0.3) is 0 Å². The zero-order valence-electron chi connectivity index (χ0n) is 11.5. The first-order valence-corrected chi connectivity index (χ1v) is 7.30. The zero-order chi connectivity index (χ0) is 14.7. The monoisotopic (exact) mass is 340 g/mol. The summed E-state index contributed by atoms with van der Waals surface area (Å²) in [6, 6.07) is 4.78. The molecule has 5 nitrogen and oxygen atoms in total. The molecule has 20 heavy (non-hydrogen) atoms. The Morgan fingerprint density at radius 3 is 2.90 bits per heavy atom.